The van der Waals surface area contributed by atoms with E-state index in [0.717, 1.165) is 12.1 Å². The first-order valence-electron chi connectivity index (χ1n) is 8.40. The lowest BCUT2D eigenvalue weighted by molar-refractivity contribution is -0.155. The van der Waals surface area contributed by atoms with Gasteiger partial charge in [-0.3, -0.25) is 24.3 Å². The molecule has 0 saturated heterocycles. The Balaban J connectivity index is 2.11. The minimum absolute atomic E-state index is 0.00996. The highest BCUT2D eigenvalue weighted by molar-refractivity contribution is 6.27. The van der Waals surface area contributed by atoms with Crippen molar-refractivity contribution in [1.29, 1.82) is 0 Å². The zero-order valence-electron chi connectivity index (χ0n) is 15.6. The predicted molar refractivity (Wildman–Crippen MR) is 92.7 cm³/mol. The number of imide groups is 1. The van der Waals surface area contributed by atoms with Gasteiger partial charge in [-0.05, 0) is 33.8 Å². The Morgan fingerprint density at radius 3 is 2.29 bits per heavy atom. The van der Waals surface area contributed by atoms with E-state index < -0.39 is 47.2 Å². The first-order chi connectivity index (χ1) is 12.8. The van der Waals surface area contributed by atoms with Gasteiger partial charge in [-0.15, -0.1) is 0 Å². The number of carbonyl (C=O) groups is 3. The van der Waals surface area contributed by atoms with Crippen molar-refractivity contribution in [2.24, 2.45) is 0 Å². The Bertz CT molecular complexity index is 1020. The molecule has 6 nitrogen and oxygen atoms in total. The molecule has 2 amide bonds. The molecule has 148 valence electrons. The van der Waals surface area contributed by atoms with Crippen LogP contribution in [0.4, 0.5) is 13.2 Å². The third kappa shape index (κ3) is 3.32. The van der Waals surface area contributed by atoms with Crippen molar-refractivity contribution in [3.05, 3.63) is 40.6 Å². The number of rotatable bonds is 2. The van der Waals surface area contributed by atoms with Crippen molar-refractivity contribution < 1.29 is 32.3 Å². The maximum absolute atomic E-state index is 13.3. The van der Waals surface area contributed by atoms with Gasteiger partial charge in [0.15, 0.2) is 0 Å². The molecule has 0 unspecified atom stereocenters. The van der Waals surface area contributed by atoms with Crippen LogP contribution in [0, 0.1) is 6.92 Å². The van der Waals surface area contributed by atoms with E-state index in [1.807, 2.05) is 0 Å². The first kappa shape index (κ1) is 19.8. The van der Waals surface area contributed by atoms with Gasteiger partial charge in [-0.2, -0.15) is 13.2 Å². The predicted octanol–water partition coefficient (Wildman–Crippen LogP) is 3.50. The van der Waals surface area contributed by atoms with Gasteiger partial charge in [0.25, 0.3) is 11.8 Å². The zero-order valence-corrected chi connectivity index (χ0v) is 15.6. The fraction of sp³-hybridized carbons (Fsp3) is 0.368. The van der Waals surface area contributed by atoms with Gasteiger partial charge >= 0.3 is 12.1 Å². The van der Waals surface area contributed by atoms with Gasteiger partial charge in [-0.25, -0.2) is 0 Å². The number of para-hydroxylation sites is 1. The summed E-state index contributed by atoms with van der Waals surface area (Å²) in [6.45, 7) is 5.62. The summed E-state index contributed by atoms with van der Waals surface area (Å²) < 4.78 is 45.1. The number of nitrogens with zero attached hydrogens (tertiary/aromatic N) is 2. The number of amides is 2. The lowest BCUT2D eigenvalue weighted by Crippen LogP contribution is -2.38. The Labute approximate surface area is 158 Å². The van der Waals surface area contributed by atoms with Gasteiger partial charge < -0.3 is 4.74 Å². The minimum atomic E-state index is -4.67. The number of benzene rings is 1. The molecule has 1 aromatic carbocycles. The number of fused-ring (bicyclic) bond motifs is 3. The van der Waals surface area contributed by atoms with E-state index >= 15 is 0 Å². The lowest BCUT2D eigenvalue weighted by Gasteiger charge is -2.21. The number of esters is 1. The van der Waals surface area contributed by atoms with E-state index in [4.69, 9.17) is 4.74 Å². The molecule has 9 heteroatoms. The summed E-state index contributed by atoms with van der Waals surface area (Å²) in [5, 5.41) is -0.0829. The Morgan fingerprint density at radius 1 is 1.11 bits per heavy atom. The van der Waals surface area contributed by atoms with Crippen molar-refractivity contribution in [1.82, 2.24) is 9.88 Å². The molecule has 0 N–H and O–H groups in total. The molecule has 28 heavy (non-hydrogen) atoms. The molecule has 0 aliphatic carbocycles. The third-order valence-corrected chi connectivity index (χ3v) is 4.13. The van der Waals surface area contributed by atoms with Gasteiger partial charge in [0, 0.05) is 5.39 Å². The number of carbonyl (C=O) groups excluding carboxylic acids is 3. The number of ether oxygens (including phenoxy) is 1. The molecule has 0 saturated carbocycles. The summed E-state index contributed by atoms with van der Waals surface area (Å²) in [5.41, 5.74) is -2.51. The maximum atomic E-state index is 13.3. The normalized spacial score (nSPS) is 14.6. The second-order valence-electron chi connectivity index (χ2n) is 7.43. The molecule has 2 heterocycles. The highest BCUT2D eigenvalue weighted by Gasteiger charge is 2.42. The summed E-state index contributed by atoms with van der Waals surface area (Å²) in [6, 6.07) is 3.32. The van der Waals surface area contributed by atoms with Crippen molar-refractivity contribution in [2.45, 2.75) is 39.5 Å². The standard InChI is InChI=1S/C19H17F3N2O4/c1-9-13-14(10-6-5-7-11(15(10)23-9)19(20,21)22)17(27)24(16(13)26)8-12(25)28-18(2,3)4/h5-7H,8H2,1-4H3. The SMILES string of the molecule is Cc1nc2c(C(F)(F)F)cccc2c2c1C(=O)N(CC(=O)OC(C)(C)C)C2=O. The highest BCUT2D eigenvalue weighted by atomic mass is 19.4. The minimum Gasteiger partial charge on any atom is -0.459 e. The van der Waals surface area contributed by atoms with Crippen LogP contribution in [0.5, 0.6) is 0 Å². The molecule has 0 radical (unpaired) electrons. The molecule has 0 bridgehead atoms. The van der Waals surface area contributed by atoms with Crippen molar-refractivity contribution >= 4 is 28.7 Å². The molecule has 0 atom stereocenters. The molecular weight excluding hydrogens is 377 g/mol. The average molecular weight is 394 g/mol. The molecular formula is C19H17F3N2O4. The van der Waals surface area contributed by atoms with Crippen LogP contribution in [0.15, 0.2) is 18.2 Å². The second kappa shape index (κ2) is 6.29. The van der Waals surface area contributed by atoms with E-state index in [0.29, 0.717) is 4.90 Å². The topological polar surface area (TPSA) is 76.6 Å². The van der Waals surface area contributed by atoms with E-state index in [1.165, 1.54) is 13.0 Å². The molecule has 3 rings (SSSR count). The number of aromatic nitrogens is 1. The van der Waals surface area contributed by atoms with Crippen LogP contribution < -0.4 is 0 Å². The number of hydrogen-bond acceptors (Lipinski definition) is 5. The summed E-state index contributed by atoms with van der Waals surface area (Å²) in [4.78, 5) is 42.2. The smallest absolute Gasteiger partial charge is 0.418 e. The fourth-order valence-corrected chi connectivity index (χ4v) is 3.13. The number of halogens is 3. The Kier molecular flexibility index (Phi) is 4.44. The molecule has 1 aliphatic rings. The summed E-state index contributed by atoms with van der Waals surface area (Å²) in [6.07, 6.45) is -4.67. The summed E-state index contributed by atoms with van der Waals surface area (Å²) in [5.74, 6) is -2.43. The van der Waals surface area contributed by atoms with Gasteiger partial charge in [0.2, 0.25) is 0 Å². The lowest BCUT2D eigenvalue weighted by atomic mass is 10.00. The Morgan fingerprint density at radius 2 is 1.71 bits per heavy atom. The fourth-order valence-electron chi connectivity index (χ4n) is 3.13. The van der Waals surface area contributed by atoms with Crippen molar-refractivity contribution in [2.75, 3.05) is 6.54 Å². The van der Waals surface area contributed by atoms with Gasteiger partial charge in [-0.1, -0.05) is 12.1 Å². The zero-order chi connectivity index (χ0) is 21.0. The van der Waals surface area contributed by atoms with Crippen LogP contribution >= 0.6 is 0 Å². The van der Waals surface area contributed by atoms with E-state index in [9.17, 15) is 27.6 Å². The maximum Gasteiger partial charge on any atom is 0.418 e. The molecule has 0 spiro atoms. The summed E-state index contributed by atoms with van der Waals surface area (Å²) >= 11 is 0. The van der Waals surface area contributed by atoms with E-state index in [-0.39, 0.29) is 22.2 Å². The largest absolute Gasteiger partial charge is 0.459 e. The van der Waals surface area contributed by atoms with Gasteiger partial charge in [0.05, 0.1) is 27.9 Å². The number of hydrogen-bond donors (Lipinski definition) is 0. The van der Waals surface area contributed by atoms with Crippen LogP contribution in [-0.2, 0) is 15.7 Å². The molecule has 1 aliphatic heterocycles. The first-order valence-corrected chi connectivity index (χ1v) is 8.40. The second-order valence-corrected chi connectivity index (χ2v) is 7.43. The average Bonchev–Trinajstić information content (AvgIpc) is 2.77. The molecule has 0 fully saturated rings. The quantitative estimate of drug-likeness (QED) is 0.576. The van der Waals surface area contributed by atoms with Gasteiger partial charge in [0.1, 0.15) is 12.1 Å². The third-order valence-electron chi connectivity index (χ3n) is 4.13. The van der Waals surface area contributed by atoms with E-state index in [2.05, 4.69) is 4.98 Å². The van der Waals surface area contributed by atoms with Crippen LogP contribution in [0.3, 0.4) is 0 Å². The van der Waals surface area contributed by atoms with Crippen LogP contribution in [-0.4, -0.2) is 39.8 Å². The number of alkyl halides is 3. The van der Waals surface area contributed by atoms with Crippen molar-refractivity contribution in [3.8, 4) is 0 Å². The highest BCUT2D eigenvalue weighted by Crippen LogP contribution is 2.38. The van der Waals surface area contributed by atoms with E-state index in [1.54, 1.807) is 20.8 Å². The monoisotopic (exact) mass is 394 g/mol. The Hall–Kier alpha value is -2.97. The van der Waals surface area contributed by atoms with Crippen LogP contribution in [0.25, 0.3) is 10.9 Å². The van der Waals surface area contributed by atoms with Crippen LogP contribution in [0.2, 0.25) is 0 Å². The number of aryl methyl sites for hydroxylation is 1. The molecule has 2 aromatic rings. The summed E-state index contributed by atoms with van der Waals surface area (Å²) in [7, 11) is 0. The van der Waals surface area contributed by atoms with Crippen molar-refractivity contribution in [3.63, 3.8) is 0 Å². The molecule has 1 aromatic heterocycles. The van der Waals surface area contributed by atoms with Crippen LogP contribution in [0.1, 0.15) is 52.7 Å². The number of pyridine rings is 1.